The Morgan fingerprint density at radius 2 is 0.773 bits per heavy atom. The summed E-state index contributed by atoms with van der Waals surface area (Å²) < 4.78 is 0. The second kappa shape index (κ2) is 6.73. The van der Waals surface area contributed by atoms with Crippen LogP contribution in [0.2, 0.25) is 0 Å². The van der Waals surface area contributed by atoms with Crippen molar-refractivity contribution in [1.29, 1.82) is 0 Å². The Hall–Kier alpha value is -2.86. The third kappa shape index (κ3) is 3.24. The van der Waals surface area contributed by atoms with E-state index in [-0.39, 0.29) is 0 Å². The molecule has 0 atom stereocenters. The summed E-state index contributed by atoms with van der Waals surface area (Å²) in [5.41, 5.74) is 6.11. The SMILES string of the molecule is C=C(C(=C)C(=C)c1ccccc1)C(=C)C(=C)c1ccccc1. The van der Waals surface area contributed by atoms with Crippen molar-refractivity contribution in [2.24, 2.45) is 0 Å². The lowest BCUT2D eigenvalue weighted by atomic mass is 9.87. The van der Waals surface area contributed by atoms with Crippen LogP contribution in [0.1, 0.15) is 11.1 Å². The first-order chi connectivity index (χ1) is 10.5. The summed E-state index contributed by atoms with van der Waals surface area (Å²) in [7, 11) is 0. The van der Waals surface area contributed by atoms with E-state index in [1.807, 2.05) is 60.7 Å². The van der Waals surface area contributed by atoms with Gasteiger partial charge in [-0.2, -0.15) is 0 Å². The third-order valence-corrected chi connectivity index (χ3v) is 3.70. The average Bonchev–Trinajstić information content (AvgIpc) is 2.60. The van der Waals surface area contributed by atoms with Gasteiger partial charge >= 0.3 is 0 Å². The van der Waals surface area contributed by atoms with Crippen molar-refractivity contribution in [2.75, 3.05) is 0 Å². The largest absolute Gasteiger partial charge is 0.0906 e. The Morgan fingerprint density at radius 1 is 0.455 bits per heavy atom. The van der Waals surface area contributed by atoms with Crippen LogP contribution in [0.4, 0.5) is 0 Å². The molecular weight excluding hydrogens is 264 g/mol. The highest BCUT2D eigenvalue weighted by Gasteiger charge is 2.12. The molecule has 0 spiro atoms. The maximum atomic E-state index is 4.13. The molecule has 0 heterocycles. The summed E-state index contributed by atoms with van der Waals surface area (Å²) in [6.45, 7) is 20.6. The number of hydrogen-bond donors (Lipinski definition) is 0. The molecule has 0 aliphatic heterocycles. The Morgan fingerprint density at radius 3 is 1.09 bits per heavy atom. The van der Waals surface area contributed by atoms with Crippen LogP contribution < -0.4 is 0 Å². The maximum Gasteiger partial charge on any atom is -0.0183 e. The minimum Gasteiger partial charge on any atom is -0.0906 e. The van der Waals surface area contributed by atoms with E-state index in [1.54, 1.807) is 0 Å². The lowest BCUT2D eigenvalue weighted by Crippen LogP contribution is -1.96. The van der Waals surface area contributed by atoms with Gasteiger partial charge in [0.15, 0.2) is 0 Å². The van der Waals surface area contributed by atoms with Crippen LogP contribution >= 0.6 is 0 Å². The highest BCUT2D eigenvalue weighted by molar-refractivity contribution is 5.90. The van der Waals surface area contributed by atoms with E-state index in [9.17, 15) is 0 Å². The summed E-state index contributed by atoms with van der Waals surface area (Å²) in [5.74, 6) is 0. The van der Waals surface area contributed by atoms with E-state index >= 15 is 0 Å². The highest BCUT2D eigenvalue weighted by Crippen LogP contribution is 2.33. The molecule has 2 aromatic rings. The van der Waals surface area contributed by atoms with Gasteiger partial charge in [-0.3, -0.25) is 0 Å². The summed E-state index contributed by atoms with van der Waals surface area (Å²) in [6.07, 6.45) is 0. The molecule has 108 valence electrons. The van der Waals surface area contributed by atoms with E-state index < -0.39 is 0 Å². The topological polar surface area (TPSA) is 0 Å². The van der Waals surface area contributed by atoms with E-state index in [1.165, 1.54) is 0 Å². The molecule has 0 amide bonds. The molecule has 0 aliphatic carbocycles. The maximum absolute atomic E-state index is 4.13. The van der Waals surface area contributed by atoms with Crippen LogP contribution in [-0.4, -0.2) is 0 Å². The first kappa shape index (κ1) is 15.5. The van der Waals surface area contributed by atoms with Crippen LogP contribution in [0, 0.1) is 0 Å². The van der Waals surface area contributed by atoms with Gasteiger partial charge < -0.3 is 0 Å². The summed E-state index contributed by atoms with van der Waals surface area (Å²) in [5, 5.41) is 0. The van der Waals surface area contributed by atoms with Gasteiger partial charge in [0.1, 0.15) is 0 Å². The summed E-state index contributed by atoms with van der Waals surface area (Å²) in [4.78, 5) is 0. The quantitative estimate of drug-likeness (QED) is 0.564. The molecule has 0 unspecified atom stereocenters. The lowest BCUT2D eigenvalue weighted by Gasteiger charge is -2.17. The predicted octanol–water partition coefficient (Wildman–Crippen LogP) is 6.08. The van der Waals surface area contributed by atoms with E-state index in [0.717, 1.165) is 39.0 Å². The zero-order chi connectivity index (χ0) is 16.1. The van der Waals surface area contributed by atoms with Crippen LogP contribution in [0.3, 0.4) is 0 Å². The molecule has 0 saturated carbocycles. The van der Waals surface area contributed by atoms with Gasteiger partial charge in [-0.05, 0) is 39.0 Å². The van der Waals surface area contributed by atoms with Gasteiger partial charge in [0, 0.05) is 0 Å². The molecule has 2 rings (SSSR count). The van der Waals surface area contributed by atoms with Crippen molar-refractivity contribution in [3.63, 3.8) is 0 Å². The Bertz CT molecular complexity index is 678. The van der Waals surface area contributed by atoms with Crippen molar-refractivity contribution in [3.05, 3.63) is 121 Å². The summed E-state index contributed by atoms with van der Waals surface area (Å²) in [6, 6.07) is 19.9. The minimum atomic E-state index is 0.766. The first-order valence-electron chi connectivity index (χ1n) is 7.09. The number of hydrogen-bond acceptors (Lipinski definition) is 0. The lowest BCUT2D eigenvalue weighted by molar-refractivity contribution is 1.49. The molecule has 0 saturated heterocycles. The highest BCUT2D eigenvalue weighted by atomic mass is 14.2. The normalized spacial score (nSPS) is 9.82. The van der Waals surface area contributed by atoms with Crippen molar-refractivity contribution in [3.8, 4) is 0 Å². The minimum absolute atomic E-state index is 0.766. The Kier molecular flexibility index (Phi) is 4.75. The van der Waals surface area contributed by atoms with Gasteiger partial charge in [0.05, 0.1) is 0 Å². The smallest absolute Gasteiger partial charge is 0.0183 e. The standard InChI is InChI=1S/C22H20/c1-16(17(2)19(4)21-12-8-6-9-13-21)18(3)20(5)22-14-10-7-11-15-22/h6-15H,1-5H2. The van der Waals surface area contributed by atoms with Crippen LogP contribution in [0.15, 0.2) is 110 Å². The van der Waals surface area contributed by atoms with E-state index in [4.69, 9.17) is 0 Å². The number of benzene rings is 2. The fourth-order valence-corrected chi connectivity index (χ4v) is 2.17. The van der Waals surface area contributed by atoms with E-state index in [0.29, 0.717) is 0 Å². The second-order valence-corrected chi connectivity index (χ2v) is 5.12. The molecule has 0 nitrogen and oxygen atoms in total. The number of allylic oxidation sites excluding steroid dienone is 5. The monoisotopic (exact) mass is 284 g/mol. The van der Waals surface area contributed by atoms with Crippen molar-refractivity contribution in [2.45, 2.75) is 0 Å². The number of rotatable bonds is 6. The van der Waals surface area contributed by atoms with Gasteiger partial charge in [-0.1, -0.05) is 93.6 Å². The fourth-order valence-electron chi connectivity index (χ4n) is 2.17. The molecule has 0 heteroatoms. The van der Waals surface area contributed by atoms with Gasteiger partial charge in [0.2, 0.25) is 0 Å². The van der Waals surface area contributed by atoms with Crippen molar-refractivity contribution >= 4 is 11.1 Å². The molecule has 0 N–H and O–H groups in total. The average molecular weight is 284 g/mol. The third-order valence-electron chi connectivity index (χ3n) is 3.70. The zero-order valence-corrected chi connectivity index (χ0v) is 12.8. The molecule has 0 aromatic heterocycles. The van der Waals surface area contributed by atoms with Gasteiger partial charge in [-0.15, -0.1) is 0 Å². The second-order valence-electron chi connectivity index (χ2n) is 5.12. The molecule has 0 radical (unpaired) electrons. The molecule has 0 fully saturated rings. The predicted molar refractivity (Wildman–Crippen MR) is 98.4 cm³/mol. The summed E-state index contributed by atoms with van der Waals surface area (Å²) >= 11 is 0. The Balaban J connectivity index is 2.17. The molecule has 0 aliphatic rings. The van der Waals surface area contributed by atoms with Gasteiger partial charge in [-0.25, -0.2) is 0 Å². The molecular formula is C22H20. The molecule has 22 heavy (non-hydrogen) atoms. The zero-order valence-electron chi connectivity index (χ0n) is 12.8. The van der Waals surface area contributed by atoms with E-state index in [2.05, 4.69) is 32.9 Å². The first-order valence-corrected chi connectivity index (χ1v) is 7.09. The Labute approximate surface area is 133 Å². The molecule has 2 aromatic carbocycles. The fraction of sp³-hybridized carbons (Fsp3) is 0. The molecule has 0 bridgehead atoms. The van der Waals surface area contributed by atoms with Crippen LogP contribution in [0.5, 0.6) is 0 Å². The van der Waals surface area contributed by atoms with Crippen LogP contribution in [0.25, 0.3) is 11.1 Å². The van der Waals surface area contributed by atoms with Gasteiger partial charge in [0.25, 0.3) is 0 Å². The van der Waals surface area contributed by atoms with Crippen LogP contribution in [-0.2, 0) is 0 Å². The van der Waals surface area contributed by atoms with Crippen molar-refractivity contribution in [1.82, 2.24) is 0 Å². The van der Waals surface area contributed by atoms with Crippen molar-refractivity contribution < 1.29 is 0 Å².